The van der Waals surface area contributed by atoms with E-state index in [2.05, 4.69) is 187 Å². The highest BCUT2D eigenvalue weighted by Gasteiger charge is 2.20. The van der Waals surface area contributed by atoms with Crippen molar-refractivity contribution in [3.63, 3.8) is 0 Å². The Bertz CT molecular complexity index is 2870. The summed E-state index contributed by atoms with van der Waals surface area (Å²) in [5, 5.41) is 5.17. The molecule has 6 aromatic carbocycles. The van der Waals surface area contributed by atoms with Gasteiger partial charge in [-0.05, 0) is 117 Å². The molecule has 4 aromatic heterocycles. The molecule has 252 valence electrons. The van der Waals surface area contributed by atoms with Gasteiger partial charge in [-0.15, -0.1) is 0 Å². The number of halogens is 1. The van der Waals surface area contributed by atoms with E-state index in [4.69, 9.17) is 0 Å². The Hall–Kier alpha value is -6.30. The fourth-order valence-electron chi connectivity index (χ4n) is 8.07. The van der Waals surface area contributed by atoms with Crippen molar-refractivity contribution in [3.05, 3.63) is 203 Å². The van der Waals surface area contributed by atoms with Crippen molar-refractivity contribution < 1.29 is 0 Å². The summed E-state index contributed by atoms with van der Waals surface area (Å²) in [4.78, 5) is 8.48. The van der Waals surface area contributed by atoms with E-state index in [1.54, 1.807) is 0 Å². The summed E-state index contributed by atoms with van der Waals surface area (Å²) in [6, 6.07) is 54.4. The van der Waals surface area contributed by atoms with Crippen LogP contribution in [0.2, 0.25) is 0 Å². The zero-order chi connectivity index (χ0) is 35.3. The predicted octanol–water partition coefficient (Wildman–Crippen LogP) is 12.3. The standard InChI is InChI=1S/C24H17BrN2.C24H16N2/c25-22-16-26-14-13-18(22)15-17-9-11-19(12-10-17)27-23-7-3-1-5-20(23)21-6-2-4-8-24(21)27;1-3-7-23-19(5-1)20-6-2-4-8-24(20)26(23)18-10-9-16-13-17-11-12-25-15-22(17)21(16)14-18/h1-14,16H,15H2;1-12,14-15H,13H2. The van der Waals surface area contributed by atoms with Crippen LogP contribution in [0, 0.1) is 0 Å². The number of nitrogens with zero attached hydrogens (tertiary/aromatic N) is 4. The summed E-state index contributed by atoms with van der Waals surface area (Å²) < 4.78 is 5.77. The molecule has 0 unspecified atom stereocenters. The van der Waals surface area contributed by atoms with Crippen LogP contribution in [0.4, 0.5) is 0 Å². The molecule has 0 N–H and O–H groups in total. The van der Waals surface area contributed by atoms with Crippen LogP contribution in [-0.4, -0.2) is 19.1 Å². The van der Waals surface area contributed by atoms with Crippen molar-refractivity contribution >= 4 is 59.5 Å². The predicted molar refractivity (Wildman–Crippen MR) is 222 cm³/mol. The Morgan fingerprint density at radius 3 is 1.55 bits per heavy atom. The normalized spacial score (nSPS) is 11.9. The van der Waals surface area contributed by atoms with E-state index in [0.717, 1.165) is 17.3 Å². The van der Waals surface area contributed by atoms with E-state index < -0.39 is 0 Å². The first-order valence-corrected chi connectivity index (χ1v) is 18.7. The molecule has 0 saturated heterocycles. The van der Waals surface area contributed by atoms with E-state index in [1.807, 2.05) is 24.8 Å². The molecular weight excluding hydrogens is 712 g/mol. The molecule has 53 heavy (non-hydrogen) atoms. The molecule has 10 aromatic rings. The summed E-state index contributed by atoms with van der Waals surface area (Å²) >= 11 is 3.59. The maximum absolute atomic E-state index is 4.34. The van der Waals surface area contributed by atoms with Gasteiger partial charge in [-0.3, -0.25) is 9.97 Å². The Morgan fingerprint density at radius 1 is 0.472 bits per heavy atom. The lowest BCUT2D eigenvalue weighted by Gasteiger charge is -2.10. The van der Waals surface area contributed by atoms with Gasteiger partial charge in [0.1, 0.15) is 0 Å². The molecule has 0 spiro atoms. The van der Waals surface area contributed by atoms with Gasteiger partial charge in [0.2, 0.25) is 0 Å². The third kappa shape index (κ3) is 5.44. The summed E-state index contributed by atoms with van der Waals surface area (Å²) in [6.07, 6.45) is 9.46. The number of fused-ring (bicyclic) bond motifs is 9. The second-order valence-electron chi connectivity index (χ2n) is 13.6. The van der Waals surface area contributed by atoms with Gasteiger partial charge in [-0.25, -0.2) is 0 Å². The number of hydrogen-bond donors (Lipinski definition) is 0. The lowest BCUT2D eigenvalue weighted by Crippen LogP contribution is -1.95. The topological polar surface area (TPSA) is 35.6 Å². The fraction of sp³-hybridized carbons (Fsp3) is 0.0417. The molecule has 0 saturated carbocycles. The molecule has 4 heterocycles. The van der Waals surface area contributed by atoms with E-state index in [0.29, 0.717) is 0 Å². The lowest BCUT2D eigenvalue weighted by molar-refractivity contribution is 1.13. The third-order valence-electron chi connectivity index (χ3n) is 10.5. The third-order valence-corrected chi connectivity index (χ3v) is 11.3. The zero-order valence-corrected chi connectivity index (χ0v) is 30.4. The van der Waals surface area contributed by atoms with Gasteiger partial charge in [-0.1, -0.05) is 91.0 Å². The first-order chi connectivity index (χ1) is 26.2. The highest BCUT2D eigenvalue weighted by Crippen LogP contribution is 2.39. The van der Waals surface area contributed by atoms with E-state index in [-0.39, 0.29) is 0 Å². The van der Waals surface area contributed by atoms with Crippen molar-refractivity contribution in [1.29, 1.82) is 0 Å². The van der Waals surface area contributed by atoms with E-state index >= 15 is 0 Å². The molecular formula is C48H33BrN4. The van der Waals surface area contributed by atoms with Gasteiger partial charge in [0.15, 0.2) is 0 Å². The Morgan fingerprint density at radius 2 is 0.962 bits per heavy atom. The maximum atomic E-state index is 4.34. The Labute approximate surface area is 315 Å². The summed E-state index contributed by atoms with van der Waals surface area (Å²) in [7, 11) is 0. The van der Waals surface area contributed by atoms with Crippen LogP contribution >= 0.6 is 15.9 Å². The second-order valence-corrected chi connectivity index (χ2v) is 14.5. The number of para-hydroxylation sites is 4. The smallest absolute Gasteiger partial charge is 0.0541 e. The van der Waals surface area contributed by atoms with Crippen LogP contribution in [0.25, 0.3) is 66.1 Å². The zero-order valence-electron chi connectivity index (χ0n) is 28.8. The van der Waals surface area contributed by atoms with Gasteiger partial charge >= 0.3 is 0 Å². The SMILES string of the molecule is Brc1cnccc1Cc1ccc(-n2c3ccccc3c3ccccc32)cc1.c1ccc2c(c1)c1ccccc1n2-c1ccc2c(c1)-c1cnccc1C2. The highest BCUT2D eigenvalue weighted by molar-refractivity contribution is 9.10. The van der Waals surface area contributed by atoms with Crippen LogP contribution in [0.5, 0.6) is 0 Å². The number of aromatic nitrogens is 4. The van der Waals surface area contributed by atoms with E-state index in [9.17, 15) is 0 Å². The molecule has 4 nitrogen and oxygen atoms in total. The number of pyridine rings is 2. The van der Waals surface area contributed by atoms with Crippen molar-refractivity contribution in [2.24, 2.45) is 0 Å². The molecule has 0 bridgehead atoms. The molecule has 0 amide bonds. The minimum absolute atomic E-state index is 0.885. The molecule has 5 heteroatoms. The van der Waals surface area contributed by atoms with Crippen LogP contribution in [0.15, 0.2) is 181 Å². The van der Waals surface area contributed by atoms with Gasteiger partial charge in [-0.2, -0.15) is 0 Å². The number of hydrogen-bond acceptors (Lipinski definition) is 2. The van der Waals surface area contributed by atoms with Crippen molar-refractivity contribution in [3.8, 4) is 22.5 Å². The molecule has 11 rings (SSSR count). The number of benzene rings is 6. The van der Waals surface area contributed by atoms with E-state index in [1.165, 1.54) is 88.4 Å². The largest absolute Gasteiger partial charge is 0.309 e. The van der Waals surface area contributed by atoms with Crippen LogP contribution in [0.1, 0.15) is 22.3 Å². The molecule has 0 atom stereocenters. The van der Waals surface area contributed by atoms with Crippen molar-refractivity contribution in [2.75, 3.05) is 0 Å². The fourth-order valence-corrected chi connectivity index (χ4v) is 8.46. The van der Waals surface area contributed by atoms with Crippen molar-refractivity contribution in [2.45, 2.75) is 12.8 Å². The Balaban J connectivity index is 0.000000132. The number of rotatable bonds is 4. The monoisotopic (exact) mass is 744 g/mol. The lowest BCUT2D eigenvalue weighted by atomic mass is 10.1. The van der Waals surface area contributed by atoms with Gasteiger partial charge in [0.25, 0.3) is 0 Å². The highest BCUT2D eigenvalue weighted by atomic mass is 79.9. The maximum Gasteiger partial charge on any atom is 0.0541 e. The average Bonchev–Trinajstić information content (AvgIpc) is 3.87. The first-order valence-electron chi connectivity index (χ1n) is 17.9. The first kappa shape index (κ1) is 31.4. The van der Waals surface area contributed by atoms with Crippen LogP contribution in [0.3, 0.4) is 0 Å². The minimum Gasteiger partial charge on any atom is -0.309 e. The average molecular weight is 746 g/mol. The van der Waals surface area contributed by atoms with Crippen LogP contribution in [-0.2, 0) is 12.8 Å². The van der Waals surface area contributed by atoms with Gasteiger partial charge in [0.05, 0.1) is 22.1 Å². The summed E-state index contributed by atoms with van der Waals surface area (Å²) in [5.74, 6) is 0. The molecule has 0 aliphatic heterocycles. The second kappa shape index (κ2) is 13.0. The van der Waals surface area contributed by atoms with Gasteiger partial charge < -0.3 is 9.13 Å². The van der Waals surface area contributed by atoms with Crippen LogP contribution < -0.4 is 0 Å². The quantitative estimate of drug-likeness (QED) is 0.180. The molecule has 1 aliphatic rings. The summed E-state index contributed by atoms with van der Waals surface area (Å²) in [6.45, 7) is 0. The van der Waals surface area contributed by atoms with Crippen molar-refractivity contribution in [1.82, 2.24) is 19.1 Å². The van der Waals surface area contributed by atoms with Gasteiger partial charge in [0, 0.05) is 67.7 Å². The molecule has 0 radical (unpaired) electrons. The Kier molecular flexibility index (Phi) is 7.73. The summed E-state index contributed by atoms with van der Waals surface area (Å²) in [5.41, 5.74) is 15.2. The molecule has 0 fully saturated rings. The minimum atomic E-state index is 0.885. The molecule has 1 aliphatic carbocycles.